The number of rotatable bonds is 5. The summed E-state index contributed by atoms with van der Waals surface area (Å²) in [5.74, 6) is 2.15. The summed E-state index contributed by atoms with van der Waals surface area (Å²) in [7, 11) is 0. The van der Waals surface area contributed by atoms with E-state index in [9.17, 15) is 4.79 Å². The van der Waals surface area contributed by atoms with Crippen LogP contribution < -0.4 is 14.8 Å². The number of aryl methyl sites for hydroxylation is 1. The van der Waals surface area contributed by atoms with Gasteiger partial charge in [-0.1, -0.05) is 6.07 Å². The molecule has 0 spiro atoms. The molecule has 1 N–H and O–H groups in total. The fourth-order valence-corrected chi connectivity index (χ4v) is 3.04. The first-order chi connectivity index (χ1) is 13.7. The largest absolute Gasteiger partial charge is 0.493 e. The van der Waals surface area contributed by atoms with Gasteiger partial charge in [0.25, 0.3) is 0 Å². The number of ether oxygens (including phenoxy) is 2. The monoisotopic (exact) mass is 372 g/mol. The van der Waals surface area contributed by atoms with Crippen molar-refractivity contribution in [2.45, 2.75) is 13.3 Å². The van der Waals surface area contributed by atoms with E-state index in [4.69, 9.17) is 9.47 Å². The molecule has 0 saturated carbocycles. The van der Waals surface area contributed by atoms with Gasteiger partial charge in [-0.2, -0.15) is 0 Å². The van der Waals surface area contributed by atoms with Gasteiger partial charge in [-0.05, 0) is 72.2 Å². The molecule has 0 bridgehead atoms. The van der Waals surface area contributed by atoms with Gasteiger partial charge in [0.1, 0.15) is 17.2 Å². The van der Waals surface area contributed by atoms with Crippen molar-refractivity contribution in [2.75, 3.05) is 11.9 Å². The third kappa shape index (κ3) is 4.20. The van der Waals surface area contributed by atoms with Crippen molar-refractivity contribution in [1.82, 2.24) is 4.98 Å². The predicted octanol–water partition coefficient (Wildman–Crippen LogP) is 4.77. The third-order valence-corrected chi connectivity index (χ3v) is 4.45. The molecule has 4 rings (SSSR count). The van der Waals surface area contributed by atoms with E-state index >= 15 is 0 Å². The fourth-order valence-electron chi connectivity index (χ4n) is 3.04. The van der Waals surface area contributed by atoms with Gasteiger partial charge in [-0.15, -0.1) is 0 Å². The molecule has 1 aliphatic rings. The van der Waals surface area contributed by atoms with Crippen LogP contribution in [0.15, 0.2) is 67.0 Å². The molecule has 5 nitrogen and oxygen atoms in total. The highest BCUT2D eigenvalue weighted by molar-refractivity contribution is 6.02. The van der Waals surface area contributed by atoms with Crippen LogP contribution in [0.1, 0.15) is 16.7 Å². The first-order valence-electron chi connectivity index (χ1n) is 9.11. The lowest BCUT2D eigenvalue weighted by molar-refractivity contribution is -0.111. The number of amides is 1. The highest BCUT2D eigenvalue weighted by Gasteiger charge is 2.11. The Bertz CT molecular complexity index is 1030. The lowest BCUT2D eigenvalue weighted by atomic mass is 10.1. The van der Waals surface area contributed by atoms with E-state index in [2.05, 4.69) is 16.4 Å². The smallest absolute Gasteiger partial charge is 0.248 e. The maximum atomic E-state index is 12.2. The Morgan fingerprint density at radius 2 is 2.14 bits per heavy atom. The number of carbonyl (C=O) groups excluding carboxylic acids is 1. The van der Waals surface area contributed by atoms with Crippen molar-refractivity contribution in [3.63, 3.8) is 0 Å². The molecule has 0 saturated heterocycles. The van der Waals surface area contributed by atoms with Crippen LogP contribution in [0.2, 0.25) is 0 Å². The zero-order valence-electron chi connectivity index (χ0n) is 15.5. The number of hydrogen-bond acceptors (Lipinski definition) is 4. The Kier molecular flexibility index (Phi) is 5.06. The molecule has 5 heteroatoms. The van der Waals surface area contributed by atoms with Gasteiger partial charge in [0.05, 0.1) is 12.8 Å². The van der Waals surface area contributed by atoms with Gasteiger partial charge in [-0.3, -0.25) is 9.78 Å². The lowest BCUT2D eigenvalue weighted by Gasteiger charge is -2.10. The summed E-state index contributed by atoms with van der Waals surface area (Å²) in [6.45, 7) is 2.66. The lowest BCUT2D eigenvalue weighted by Crippen LogP contribution is -2.07. The number of pyridine rings is 1. The van der Waals surface area contributed by atoms with Gasteiger partial charge < -0.3 is 14.8 Å². The normalized spacial score (nSPS) is 12.5. The second-order valence-electron chi connectivity index (χ2n) is 6.56. The third-order valence-electron chi connectivity index (χ3n) is 4.45. The van der Waals surface area contributed by atoms with E-state index in [-0.39, 0.29) is 5.91 Å². The van der Waals surface area contributed by atoms with E-state index in [0.29, 0.717) is 11.4 Å². The first-order valence-corrected chi connectivity index (χ1v) is 9.11. The number of benzene rings is 2. The maximum Gasteiger partial charge on any atom is 0.248 e. The van der Waals surface area contributed by atoms with Gasteiger partial charge in [0.15, 0.2) is 0 Å². The molecule has 1 aliphatic heterocycles. The molecule has 0 fully saturated rings. The van der Waals surface area contributed by atoms with Crippen LogP contribution >= 0.6 is 0 Å². The first kappa shape index (κ1) is 17.8. The molecule has 3 aromatic rings. The Labute approximate surface area is 163 Å². The number of anilines is 1. The molecule has 0 radical (unpaired) electrons. The molecular weight excluding hydrogens is 352 g/mol. The fraction of sp³-hybridized carbons (Fsp3) is 0.130. The molecule has 1 aromatic heterocycles. The number of nitrogens with one attached hydrogen (secondary N) is 1. The summed E-state index contributed by atoms with van der Waals surface area (Å²) in [4.78, 5) is 16.3. The Hall–Kier alpha value is -3.60. The van der Waals surface area contributed by atoms with Crippen molar-refractivity contribution in [2.24, 2.45) is 0 Å². The zero-order valence-corrected chi connectivity index (χ0v) is 15.5. The van der Waals surface area contributed by atoms with Crippen molar-refractivity contribution in [3.05, 3.63) is 83.7 Å². The molecule has 140 valence electrons. The maximum absolute atomic E-state index is 12.2. The highest BCUT2D eigenvalue weighted by Crippen LogP contribution is 2.27. The summed E-state index contributed by atoms with van der Waals surface area (Å²) in [5.41, 5.74) is 3.80. The quantitative estimate of drug-likeness (QED) is 0.656. The average molecular weight is 372 g/mol. The predicted molar refractivity (Wildman–Crippen MR) is 109 cm³/mol. The van der Waals surface area contributed by atoms with E-state index in [1.54, 1.807) is 18.5 Å². The molecule has 0 aliphatic carbocycles. The summed E-state index contributed by atoms with van der Waals surface area (Å²) in [5, 5.41) is 2.88. The molecule has 28 heavy (non-hydrogen) atoms. The average Bonchev–Trinajstić information content (AvgIpc) is 3.17. The Morgan fingerprint density at radius 3 is 2.96 bits per heavy atom. The minimum absolute atomic E-state index is 0.183. The van der Waals surface area contributed by atoms with E-state index in [1.807, 2.05) is 49.4 Å². The number of hydrogen-bond donors (Lipinski definition) is 1. The van der Waals surface area contributed by atoms with Crippen molar-refractivity contribution >= 4 is 17.7 Å². The minimum Gasteiger partial charge on any atom is -0.493 e. The van der Waals surface area contributed by atoms with E-state index < -0.39 is 0 Å². The summed E-state index contributed by atoms with van der Waals surface area (Å²) < 4.78 is 11.3. The molecule has 2 aromatic carbocycles. The van der Waals surface area contributed by atoms with Crippen molar-refractivity contribution < 1.29 is 14.3 Å². The van der Waals surface area contributed by atoms with Crippen LogP contribution in [0.25, 0.3) is 6.08 Å². The molecule has 1 amide bonds. The zero-order chi connectivity index (χ0) is 19.3. The molecule has 0 atom stereocenters. The summed E-state index contributed by atoms with van der Waals surface area (Å²) >= 11 is 0. The molecule has 2 heterocycles. The van der Waals surface area contributed by atoms with Crippen molar-refractivity contribution in [1.29, 1.82) is 0 Å². The van der Waals surface area contributed by atoms with Gasteiger partial charge in [-0.25, -0.2) is 0 Å². The SMILES string of the molecule is Cc1cc(NC(=O)/C=C/c2ccc3c(c2)CCO3)ccc1Oc1cccnc1. The highest BCUT2D eigenvalue weighted by atomic mass is 16.5. The second kappa shape index (κ2) is 7.96. The summed E-state index contributed by atoms with van der Waals surface area (Å²) in [6, 6.07) is 15.1. The summed E-state index contributed by atoms with van der Waals surface area (Å²) in [6.07, 6.45) is 7.61. The van der Waals surface area contributed by atoms with Crippen molar-refractivity contribution in [3.8, 4) is 17.2 Å². The number of fused-ring (bicyclic) bond motifs is 1. The van der Waals surface area contributed by atoms with E-state index in [0.717, 1.165) is 35.7 Å². The number of aromatic nitrogens is 1. The van der Waals surface area contributed by atoms with Crippen LogP contribution in [0, 0.1) is 6.92 Å². The van der Waals surface area contributed by atoms with Crippen LogP contribution in [-0.2, 0) is 11.2 Å². The molecule has 0 unspecified atom stereocenters. The van der Waals surface area contributed by atoms with Gasteiger partial charge in [0, 0.05) is 24.4 Å². The van der Waals surface area contributed by atoms with Crippen LogP contribution in [0.3, 0.4) is 0 Å². The van der Waals surface area contributed by atoms with Crippen LogP contribution in [0.4, 0.5) is 5.69 Å². The van der Waals surface area contributed by atoms with Gasteiger partial charge >= 0.3 is 0 Å². The van der Waals surface area contributed by atoms with Crippen LogP contribution in [0.5, 0.6) is 17.2 Å². The van der Waals surface area contributed by atoms with Crippen LogP contribution in [-0.4, -0.2) is 17.5 Å². The number of carbonyl (C=O) groups is 1. The Balaban J connectivity index is 1.39. The Morgan fingerprint density at radius 1 is 1.21 bits per heavy atom. The minimum atomic E-state index is -0.183. The molecular formula is C23H20N2O3. The standard InChI is InChI=1S/C23H20N2O3/c1-16-13-19(6-8-21(16)28-20-3-2-11-24-15-20)25-23(26)9-5-17-4-7-22-18(14-17)10-12-27-22/h2-9,11,13-15H,10,12H2,1H3,(H,25,26)/b9-5+. The number of nitrogens with zero attached hydrogens (tertiary/aromatic N) is 1. The van der Waals surface area contributed by atoms with Gasteiger partial charge in [0.2, 0.25) is 5.91 Å². The second-order valence-corrected chi connectivity index (χ2v) is 6.56. The van der Waals surface area contributed by atoms with E-state index in [1.165, 1.54) is 11.6 Å². The topological polar surface area (TPSA) is 60.5 Å².